The maximum absolute atomic E-state index is 10.2. The van der Waals surface area contributed by atoms with Crippen LogP contribution in [0.2, 0.25) is 0 Å². The minimum absolute atomic E-state index is 0.253. The highest BCUT2D eigenvalue weighted by Crippen LogP contribution is 1.99. The molecule has 1 aromatic heterocycles. The maximum Gasteiger partial charge on any atom is 0.303 e. The normalized spacial score (nSPS) is 10.6. The van der Waals surface area contributed by atoms with Gasteiger partial charge in [0.15, 0.2) is 5.82 Å². The summed E-state index contributed by atoms with van der Waals surface area (Å²) in [7, 11) is 0. The zero-order chi connectivity index (χ0) is 11.8. The number of unbranched alkanes of at least 4 members (excludes halogenated alkanes) is 2. The lowest BCUT2D eigenvalue weighted by Crippen LogP contribution is -2.14. The van der Waals surface area contributed by atoms with Crippen molar-refractivity contribution in [2.45, 2.75) is 39.2 Å². The molecule has 0 unspecified atom stereocenters. The largest absolute Gasteiger partial charge is 0.481 e. The Labute approximate surface area is 94.0 Å². The lowest BCUT2D eigenvalue weighted by atomic mass is 10.2. The first-order valence-electron chi connectivity index (χ1n) is 5.40. The van der Waals surface area contributed by atoms with Gasteiger partial charge in [-0.3, -0.25) is 4.79 Å². The van der Waals surface area contributed by atoms with Crippen LogP contribution < -0.4 is 5.32 Å². The van der Waals surface area contributed by atoms with Crippen molar-refractivity contribution < 1.29 is 14.4 Å². The fourth-order valence-corrected chi connectivity index (χ4v) is 1.31. The van der Waals surface area contributed by atoms with Crippen molar-refractivity contribution in [3.8, 4) is 0 Å². The van der Waals surface area contributed by atoms with Crippen LogP contribution in [0.5, 0.6) is 0 Å². The van der Waals surface area contributed by atoms with Gasteiger partial charge in [0.25, 0.3) is 0 Å². The number of nitrogens with zero attached hydrogens (tertiary/aromatic N) is 2. The molecule has 0 atom stereocenters. The van der Waals surface area contributed by atoms with Gasteiger partial charge >= 0.3 is 5.97 Å². The van der Waals surface area contributed by atoms with Crippen LogP contribution in [-0.4, -0.2) is 27.8 Å². The van der Waals surface area contributed by atoms with Gasteiger partial charge in [0.1, 0.15) is 0 Å². The fraction of sp³-hybridized carbons (Fsp3) is 0.700. The third-order valence-corrected chi connectivity index (χ3v) is 2.09. The molecule has 0 saturated carbocycles. The van der Waals surface area contributed by atoms with Gasteiger partial charge in [-0.25, -0.2) is 0 Å². The third-order valence-electron chi connectivity index (χ3n) is 2.09. The van der Waals surface area contributed by atoms with Gasteiger partial charge in [-0.1, -0.05) is 11.6 Å². The summed E-state index contributed by atoms with van der Waals surface area (Å²) in [5.41, 5.74) is 0. The van der Waals surface area contributed by atoms with Crippen LogP contribution in [-0.2, 0) is 11.3 Å². The molecule has 0 saturated heterocycles. The van der Waals surface area contributed by atoms with E-state index >= 15 is 0 Å². The van der Waals surface area contributed by atoms with E-state index in [4.69, 9.17) is 9.63 Å². The summed E-state index contributed by atoms with van der Waals surface area (Å²) in [6.45, 7) is 3.18. The Kier molecular flexibility index (Phi) is 5.49. The van der Waals surface area contributed by atoms with Gasteiger partial charge in [-0.2, -0.15) is 4.98 Å². The van der Waals surface area contributed by atoms with Crippen molar-refractivity contribution in [1.29, 1.82) is 0 Å². The number of aliphatic carboxylic acids is 1. The molecule has 90 valence electrons. The van der Waals surface area contributed by atoms with Crippen LogP contribution in [0.15, 0.2) is 4.52 Å². The summed E-state index contributed by atoms with van der Waals surface area (Å²) in [5.74, 6) is 0.496. The quantitative estimate of drug-likeness (QED) is 0.647. The topological polar surface area (TPSA) is 88.2 Å². The Hall–Kier alpha value is -1.43. The van der Waals surface area contributed by atoms with Gasteiger partial charge in [0, 0.05) is 6.42 Å². The molecular formula is C10H17N3O3. The monoisotopic (exact) mass is 227 g/mol. The van der Waals surface area contributed by atoms with Crippen molar-refractivity contribution >= 4 is 5.97 Å². The van der Waals surface area contributed by atoms with E-state index in [1.165, 1.54) is 0 Å². The summed E-state index contributed by atoms with van der Waals surface area (Å²) in [4.78, 5) is 14.3. The smallest absolute Gasteiger partial charge is 0.303 e. The number of hydrogen-bond acceptors (Lipinski definition) is 5. The Morgan fingerprint density at radius 1 is 1.44 bits per heavy atom. The van der Waals surface area contributed by atoms with Gasteiger partial charge in [-0.05, 0) is 26.3 Å². The van der Waals surface area contributed by atoms with E-state index in [0.29, 0.717) is 18.3 Å². The molecule has 2 N–H and O–H groups in total. The molecule has 0 spiro atoms. The predicted molar refractivity (Wildman–Crippen MR) is 56.8 cm³/mol. The SMILES string of the molecule is Cc1noc(CNCCCCCC(=O)O)n1. The molecule has 1 rings (SSSR count). The first kappa shape index (κ1) is 12.6. The van der Waals surface area contributed by atoms with Crippen LogP contribution in [0.1, 0.15) is 37.4 Å². The van der Waals surface area contributed by atoms with Crippen molar-refractivity contribution in [2.75, 3.05) is 6.54 Å². The number of carbonyl (C=O) groups is 1. The fourth-order valence-electron chi connectivity index (χ4n) is 1.31. The van der Waals surface area contributed by atoms with Gasteiger partial charge in [-0.15, -0.1) is 0 Å². The molecular weight excluding hydrogens is 210 g/mol. The van der Waals surface area contributed by atoms with Crippen LogP contribution in [0.25, 0.3) is 0 Å². The molecule has 16 heavy (non-hydrogen) atoms. The average Bonchev–Trinajstić information content (AvgIpc) is 2.62. The second-order valence-electron chi connectivity index (χ2n) is 3.62. The highest BCUT2D eigenvalue weighted by atomic mass is 16.5. The summed E-state index contributed by atoms with van der Waals surface area (Å²) < 4.78 is 4.92. The highest BCUT2D eigenvalue weighted by molar-refractivity contribution is 5.66. The standard InChI is InChI=1S/C10H17N3O3/c1-8-12-9(16-13-8)7-11-6-4-2-3-5-10(14)15/h11H,2-7H2,1H3,(H,14,15). The number of carboxylic acid groups (broad SMARTS) is 1. The zero-order valence-corrected chi connectivity index (χ0v) is 9.40. The van der Waals surface area contributed by atoms with E-state index in [2.05, 4.69) is 15.5 Å². The summed E-state index contributed by atoms with van der Waals surface area (Å²) >= 11 is 0. The lowest BCUT2D eigenvalue weighted by Gasteiger charge is -2.00. The van der Waals surface area contributed by atoms with Gasteiger partial charge < -0.3 is 14.9 Å². The molecule has 0 fully saturated rings. The predicted octanol–water partition coefficient (Wildman–Crippen LogP) is 1.11. The average molecular weight is 227 g/mol. The summed E-state index contributed by atoms with van der Waals surface area (Å²) in [5, 5.41) is 15.3. The highest BCUT2D eigenvalue weighted by Gasteiger charge is 2.01. The first-order chi connectivity index (χ1) is 7.68. The third kappa shape index (κ3) is 5.45. The molecule has 0 radical (unpaired) electrons. The molecule has 0 bridgehead atoms. The van der Waals surface area contributed by atoms with Crippen molar-refractivity contribution in [1.82, 2.24) is 15.5 Å². The summed E-state index contributed by atoms with van der Waals surface area (Å²) in [6, 6.07) is 0. The van der Waals surface area contributed by atoms with E-state index in [9.17, 15) is 4.79 Å². The Balaban J connectivity index is 1.94. The van der Waals surface area contributed by atoms with E-state index in [1.54, 1.807) is 6.92 Å². The second-order valence-corrected chi connectivity index (χ2v) is 3.62. The molecule has 0 amide bonds. The van der Waals surface area contributed by atoms with E-state index < -0.39 is 5.97 Å². The Bertz CT molecular complexity index is 325. The van der Waals surface area contributed by atoms with Crippen molar-refractivity contribution in [3.05, 3.63) is 11.7 Å². The first-order valence-corrected chi connectivity index (χ1v) is 5.40. The van der Waals surface area contributed by atoms with E-state index in [0.717, 1.165) is 25.8 Å². The minimum atomic E-state index is -0.728. The van der Waals surface area contributed by atoms with Gasteiger partial charge in [0.05, 0.1) is 6.54 Å². The molecule has 0 aromatic carbocycles. The second kappa shape index (κ2) is 6.95. The molecule has 1 heterocycles. The minimum Gasteiger partial charge on any atom is -0.481 e. The molecule has 0 aliphatic heterocycles. The van der Waals surface area contributed by atoms with E-state index in [1.807, 2.05) is 0 Å². The van der Waals surface area contributed by atoms with Crippen LogP contribution in [0.4, 0.5) is 0 Å². The molecule has 0 aliphatic rings. The van der Waals surface area contributed by atoms with E-state index in [-0.39, 0.29) is 6.42 Å². The Morgan fingerprint density at radius 3 is 2.88 bits per heavy atom. The number of rotatable bonds is 8. The number of carboxylic acids is 1. The van der Waals surface area contributed by atoms with Crippen molar-refractivity contribution in [2.24, 2.45) is 0 Å². The molecule has 6 heteroatoms. The molecule has 6 nitrogen and oxygen atoms in total. The van der Waals surface area contributed by atoms with Crippen LogP contribution in [0.3, 0.4) is 0 Å². The number of aromatic nitrogens is 2. The van der Waals surface area contributed by atoms with Crippen molar-refractivity contribution in [3.63, 3.8) is 0 Å². The molecule has 0 aliphatic carbocycles. The molecule has 1 aromatic rings. The Morgan fingerprint density at radius 2 is 2.25 bits per heavy atom. The number of nitrogens with one attached hydrogen (secondary N) is 1. The van der Waals surface area contributed by atoms with Crippen LogP contribution in [0, 0.1) is 6.92 Å². The van der Waals surface area contributed by atoms with Gasteiger partial charge in [0.2, 0.25) is 5.89 Å². The summed E-state index contributed by atoms with van der Waals surface area (Å²) in [6.07, 6.45) is 2.86. The zero-order valence-electron chi connectivity index (χ0n) is 9.40. The van der Waals surface area contributed by atoms with Crippen LogP contribution >= 0.6 is 0 Å². The maximum atomic E-state index is 10.2. The lowest BCUT2D eigenvalue weighted by molar-refractivity contribution is -0.137. The number of hydrogen-bond donors (Lipinski definition) is 2. The number of aryl methyl sites for hydroxylation is 1.